The highest BCUT2D eigenvalue weighted by Crippen LogP contribution is 2.25. The Labute approximate surface area is 109 Å². The van der Waals surface area contributed by atoms with Crippen LogP contribution in [0.25, 0.3) is 0 Å². The fraction of sp³-hybridized carbons (Fsp3) is 0.308. The smallest absolute Gasteiger partial charge is 0.269 e. The van der Waals surface area contributed by atoms with Crippen LogP contribution in [0.1, 0.15) is 5.56 Å². The van der Waals surface area contributed by atoms with Gasteiger partial charge in [-0.15, -0.1) is 0 Å². The molecule has 0 N–H and O–H groups in total. The number of benzene rings is 1. The molecule has 0 spiro atoms. The van der Waals surface area contributed by atoms with Crippen molar-refractivity contribution in [3.63, 3.8) is 0 Å². The quantitative estimate of drug-likeness (QED) is 0.759. The summed E-state index contributed by atoms with van der Waals surface area (Å²) in [5.41, 5.74) is 1.93. The van der Waals surface area contributed by atoms with Crippen LogP contribution < -0.4 is 4.90 Å². The van der Waals surface area contributed by atoms with Gasteiger partial charge >= 0.3 is 0 Å². The average molecular weight is 264 g/mol. The van der Waals surface area contributed by atoms with Gasteiger partial charge in [0.15, 0.2) is 0 Å². The number of nitrogens with zero attached hydrogens (tertiary/aromatic N) is 2. The minimum Gasteiger partial charge on any atom is -0.382 e. The third-order valence-corrected chi connectivity index (χ3v) is 3.93. The Bertz CT molecular complexity index is 520. The number of hydrogen-bond acceptors (Lipinski definition) is 3. The summed E-state index contributed by atoms with van der Waals surface area (Å²) in [5, 5.41) is 0. The number of aryl methyl sites for hydroxylation is 1. The Morgan fingerprint density at radius 2 is 1.89 bits per heavy atom. The molecule has 0 bridgehead atoms. The monoisotopic (exact) mass is 264 g/mol. The summed E-state index contributed by atoms with van der Waals surface area (Å²) in [6, 6.07) is 7.64. The van der Waals surface area contributed by atoms with Crippen LogP contribution in [-0.4, -0.2) is 35.0 Å². The lowest BCUT2D eigenvalue weighted by Crippen LogP contribution is -2.24. The maximum absolute atomic E-state index is 12.2. The van der Waals surface area contributed by atoms with Crippen LogP contribution in [0.4, 0.5) is 5.69 Å². The van der Waals surface area contributed by atoms with E-state index in [-0.39, 0.29) is 11.8 Å². The first kappa shape index (κ1) is 12.8. The summed E-state index contributed by atoms with van der Waals surface area (Å²) >= 11 is 0. The second-order valence-electron chi connectivity index (χ2n) is 4.50. The molecule has 0 unspecified atom stereocenters. The SMILES string of the molecule is Cc1ccc(N2C[S@@](=O)/C(=C/N(C)C)C2=O)cc1. The van der Waals surface area contributed by atoms with Crippen LogP contribution in [0.15, 0.2) is 35.4 Å². The second kappa shape index (κ2) is 4.94. The second-order valence-corrected chi connectivity index (χ2v) is 5.89. The molecule has 1 aromatic rings. The van der Waals surface area contributed by atoms with E-state index in [0.29, 0.717) is 4.91 Å². The van der Waals surface area contributed by atoms with Crippen molar-refractivity contribution < 1.29 is 9.00 Å². The predicted octanol–water partition coefficient (Wildman–Crippen LogP) is 1.45. The van der Waals surface area contributed by atoms with Gasteiger partial charge in [0, 0.05) is 26.0 Å². The van der Waals surface area contributed by atoms with E-state index in [9.17, 15) is 9.00 Å². The highest BCUT2D eigenvalue weighted by atomic mass is 32.2. The molecule has 1 aliphatic heterocycles. The standard InChI is InChI=1S/C13H16N2O2S/c1-10-4-6-11(7-5-10)15-9-18(17)12(13(15)16)8-14(2)3/h4-8H,9H2,1-3H3/b12-8+/t18-/m1/s1. The van der Waals surface area contributed by atoms with Crippen LogP contribution in [-0.2, 0) is 15.6 Å². The van der Waals surface area contributed by atoms with Crippen LogP contribution >= 0.6 is 0 Å². The molecule has 2 rings (SSSR count). The van der Waals surface area contributed by atoms with E-state index in [1.807, 2.05) is 45.3 Å². The molecule has 1 atom stereocenters. The van der Waals surface area contributed by atoms with E-state index < -0.39 is 10.8 Å². The van der Waals surface area contributed by atoms with E-state index in [0.717, 1.165) is 11.3 Å². The molecule has 1 amide bonds. The van der Waals surface area contributed by atoms with Gasteiger partial charge in [-0.25, -0.2) is 0 Å². The van der Waals surface area contributed by atoms with Crippen LogP contribution in [0, 0.1) is 6.92 Å². The fourth-order valence-corrected chi connectivity index (χ4v) is 3.01. The third kappa shape index (κ3) is 2.46. The summed E-state index contributed by atoms with van der Waals surface area (Å²) < 4.78 is 11.9. The maximum Gasteiger partial charge on any atom is 0.269 e. The van der Waals surface area contributed by atoms with E-state index in [4.69, 9.17) is 0 Å². The molecule has 4 nitrogen and oxygen atoms in total. The Morgan fingerprint density at radius 1 is 1.28 bits per heavy atom. The lowest BCUT2D eigenvalue weighted by molar-refractivity contribution is -0.114. The van der Waals surface area contributed by atoms with Gasteiger partial charge < -0.3 is 4.90 Å². The Kier molecular flexibility index (Phi) is 3.52. The van der Waals surface area contributed by atoms with Gasteiger partial charge in [0.05, 0.1) is 10.8 Å². The molecule has 1 aromatic carbocycles. The zero-order valence-corrected chi connectivity index (χ0v) is 11.5. The fourth-order valence-electron chi connectivity index (χ4n) is 1.74. The van der Waals surface area contributed by atoms with Gasteiger partial charge in [-0.05, 0) is 19.1 Å². The molecule has 18 heavy (non-hydrogen) atoms. The molecule has 1 saturated heterocycles. The number of carbonyl (C=O) groups is 1. The van der Waals surface area contributed by atoms with Crippen LogP contribution in [0.5, 0.6) is 0 Å². The molecule has 1 heterocycles. The molecular weight excluding hydrogens is 248 g/mol. The van der Waals surface area contributed by atoms with Gasteiger partial charge in [0.1, 0.15) is 10.8 Å². The maximum atomic E-state index is 12.2. The van der Waals surface area contributed by atoms with E-state index in [2.05, 4.69) is 0 Å². The van der Waals surface area contributed by atoms with Crippen molar-refractivity contribution in [2.45, 2.75) is 6.92 Å². The average Bonchev–Trinajstić information content (AvgIpc) is 2.58. The third-order valence-electron chi connectivity index (χ3n) is 2.67. The van der Waals surface area contributed by atoms with E-state index in [1.54, 1.807) is 16.0 Å². The van der Waals surface area contributed by atoms with Crippen molar-refractivity contribution in [3.8, 4) is 0 Å². The topological polar surface area (TPSA) is 40.6 Å². The minimum atomic E-state index is -1.25. The lowest BCUT2D eigenvalue weighted by Gasteiger charge is -2.14. The first-order valence-electron chi connectivity index (χ1n) is 5.64. The van der Waals surface area contributed by atoms with Gasteiger partial charge in [0.25, 0.3) is 5.91 Å². The number of amides is 1. The van der Waals surface area contributed by atoms with Gasteiger partial charge in [0.2, 0.25) is 0 Å². The van der Waals surface area contributed by atoms with Crippen molar-refractivity contribution >= 4 is 22.4 Å². The Balaban J connectivity index is 2.31. The summed E-state index contributed by atoms with van der Waals surface area (Å²) in [7, 11) is 2.37. The van der Waals surface area contributed by atoms with Crippen molar-refractivity contribution in [2.24, 2.45) is 0 Å². The number of anilines is 1. The molecule has 5 heteroatoms. The summed E-state index contributed by atoms with van der Waals surface area (Å²) in [5.74, 6) is 0.0626. The zero-order chi connectivity index (χ0) is 13.3. The lowest BCUT2D eigenvalue weighted by atomic mass is 10.2. The number of hydrogen-bond donors (Lipinski definition) is 0. The van der Waals surface area contributed by atoms with Crippen LogP contribution in [0.3, 0.4) is 0 Å². The summed E-state index contributed by atoms with van der Waals surface area (Å²) in [6.07, 6.45) is 1.63. The van der Waals surface area contributed by atoms with E-state index in [1.165, 1.54) is 0 Å². The molecule has 1 aliphatic rings. The Hall–Kier alpha value is -1.62. The number of carbonyl (C=O) groups excluding carboxylic acids is 1. The molecule has 96 valence electrons. The predicted molar refractivity (Wildman–Crippen MR) is 73.4 cm³/mol. The molecule has 0 saturated carbocycles. The van der Waals surface area contributed by atoms with Crippen molar-refractivity contribution in [3.05, 3.63) is 40.9 Å². The van der Waals surface area contributed by atoms with Crippen molar-refractivity contribution in [1.29, 1.82) is 0 Å². The Morgan fingerprint density at radius 3 is 2.44 bits per heavy atom. The summed E-state index contributed by atoms with van der Waals surface area (Å²) in [4.78, 5) is 15.8. The molecular formula is C13H16N2O2S. The normalized spacial score (nSPS) is 21.7. The van der Waals surface area contributed by atoms with E-state index >= 15 is 0 Å². The first-order chi connectivity index (χ1) is 8.49. The van der Waals surface area contributed by atoms with Crippen LogP contribution in [0.2, 0.25) is 0 Å². The van der Waals surface area contributed by atoms with Gasteiger partial charge in [-0.1, -0.05) is 17.7 Å². The molecule has 0 radical (unpaired) electrons. The van der Waals surface area contributed by atoms with Gasteiger partial charge in [-0.3, -0.25) is 13.9 Å². The molecule has 0 aliphatic carbocycles. The first-order valence-corrected chi connectivity index (χ1v) is 6.96. The molecule has 0 aromatic heterocycles. The van der Waals surface area contributed by atoms with Gasteiger partial charge in [-0.2, -0.15) is 0 Å². The zero-order valence-electron chi connectivity index (χ0n) is 10.7. The van der Waals surface area contributed by atoms with Crippen molar-refractivity contribution in [2.75, 3.05) is 24.9 Å². The van der Waals surface area contributed by atoms with Crippen molar-refractivity contribution in [1.82, 2.24) is 4.90 Å². The highest BCUT2D eigenvalue weighted by molar-refractivity contribution is 7.90. The summed E-state index contributed by atoms with van der Waals surface area (Å²) in [6.45, 7) is 1.99. The largest absolute Gasteiger partial charge is 0.382 e. The highest BCUT2D eigenvalue weighted by Gasteiger charge is 2.33. The minimum absolute atomic E-state index is 0.175. The number of rotatable bonds is 2. The molecule has 1 fully saturated rings.